The van der Waals surface area contributed by atoms with E-state index in [0.29, 0.717) is 12.1 Å². The van der Waals surface area contributed by atoms with Gasteiger partial charge in [-0.25, -0.2) is 0 Å². The molecule has 108 valence electrons. The third-order valence-corrected chi connectivity index (χ3v) is 5.06. The van der Waals surface area contributed by atoms with Crippen LogP contribution in [0.25, 0.3) is 0 Å². The summed E-state index contributed by atoms with van der Waals surface area (Å²) in [5.41, 5.74) is -0.651. The van der Waals surface area contributed by atoms with Crippen molar-refractivity contribution in [3.63, 3.8) is 0 Å². The maximum absolute atomic E-state index is 11.8. The molecule has 0 saturated heterocycles. The van der Waals surface area contributed by atoms with E-state index in [2.05, 4.69) is 17.3 Å². The van der Waals surface area contributed by atoms with Crippen LogP contribution in [0, 0.1) is 5.92 Å². The van der Waals surface area contributed by atoms with Gasteiger partial charge in [0.1, 0.15) is 5.54 Å². The summed E-state index contributed by atoms with van der Waals surface area (Å²) in [6.07, 6.45) is 8.79. The smallest absolute Gasteiger partial charge is 0.323 e. The maximum atomic E-state index is 11.8. The Balaban J connectivity index is 1.64. The molecule has 0 radical (unpaired) electrons. The number of hydrogen-bond acceptors (Lipinski definition) is 3. The van der Waals surface area contributed by atoms with Crippen molar-refractivity contribution in [2.75, 3.05) is 13.6 Å². The summed E-state index contributed by atoms with van der Waals surface area (Å²) in [5.74, 6) is 0.242. The van der Waals surface area contributed by atoms with Gasteiger partial charge in [0, 0.05) is 18.6 Å². The molecule has 0 amide bonds. The number of carboxylic acid groups (broad SMARTS) is 1. The maximum Gasteiger partial charge on any atom is 0.323 e. The van der Waals surface area contributed by atoms with Crippen molar-refractivity contribution in [3.05, 3.63) is 0 Å². The SMILES string of the molecule is CN(CC1CC1)C1CCCC(NC2CC2)(C(=O)O)C1. The van der Waals surface area contributed by atoms with E-state index in [1.54, 1.807) is 0 Å². The summed E-state index contributed by atoms with van der Waals surface area (Å²) in [7, 11) is 2.18. The Kier molecular flexibility index (Phi) is 3.56. The van der Waals surface area contributed by atoms with Gasteiger partial charge in [0.25, 0.3) is 0 Å². The van der Waals surface area contributed by atoms with E-state index in [9.17, 15) is 9.90 Å². The molecule has 2 unspecified atom stereocenters. The zero-order valence-corrected chi connectivity index (χ0v) is 11.9. The predicted octanol–water partition coefficient (Wildman–Crippen LogP) is 1.85. The minimum absolute atomic E-state index is 0.441. The predicted molar refractivity (Wildman–Crippen MR) is 74.1 cm³/mol. The Hall–Kier alpha value is -0.610. The Bertz CT molecular complexity index is 352. The van der Waals surface area contributed by atoms with E-state index in [-0.39, 0.29) is 0 Å². The van der Waals surface area contributed by atoms with Gasteiger partial charge in [-0.3, -0.25) is 10.1 Å². The van der Waals surface area contributed by atoms with Crippen LogP contribution >= 0.6 is 0 Å². The van der Waals surface area contributed by atoms with Crippen LogP contribution in [0.3, 0.4) is 0 Å². The van der Waals surface area contributed by atoms with Crippen molar-refractivity contribution in [1.82, 2.24) is 10.2 Å². The third-order valence-electron chi connectivity index (χ3n) is 5.06. The number of carboxylic acids is 1. The first kappa shape index (κ1) is 13.4. The Morgan fingerprint density at radius 3 is 2.63 bits per heavy atom. The molecule has 3 saturated carbocycles. The standard InChI is InChI=1S/C15H26N2O2/c1-17(10-11-4-5-11)13-3-2-8-15(9-13,14(18)19)16-12-6-7-12/h11-13,16H,2-10H2,1H3,(H,18,19). The van der Waals surface area contributed by atoms with Gasteiger partial charge in [-0.15, -0.1) is 0 Å². The lowest BCUT2D eigenvalue weighted by atomic mass is 9.78. The number of nitrogens with one attached hydrogen (secondary N) is 1. The van der Waals surface area contributed by atoms with Crippen LogP contribution in [0.5, 0.6) is 0 Å². The minimum Gasteiger partial charge on any atom is -0.480 e. The molecule has 0 bridgehead atoms. The van der Waals surface area contributed by atoms with Gasteiger partial charge in [0.05, 0.1) is 0 Å². The van der Waals surface area contributed by atoms with E-state index >= 15 is 0 Å². The highest BCUT2D eigenvalue weighted by molar-refractivity contribution is 5.79. The molecular formula is C15H26N2O2. The molecular weight excluding hydrogens is 240 g/mol. The van der Waals surface area contributed by atoms with E-state index in [1.165, 1.54) is 12.8 Å². The third kappa shape index (κ3) is 3.11. The molecule has 4 heteroatoms. The first-order chi connectivity index (χ1) is 9.09. The number of hydrogen-bond donors (Lipinski definition) is 2. The molecule has 3 rings (SSSR count). The summed E-state index contributed by atoms with van der Waals surface area (Å²) in [6, 6.07) is 0.903. The monoisotopic (exact) mass is 266 g/mol. The Labute approximate surface area is 115 Å². The fourth-order valence-electron chi connectivity index (χ4n) is 3.48. The summed E-state index contributed by atoms with van der Waals surface area (Å²) in [4.78, 5) is 14.2. The molecule has 2 atom stereocenters. The van der Waals surface area contributed by atoms with E-state index in [4.69, 9.17) is 0 Å². The highest BCUT2D eigenvalue weighted by Crippen LogP contribution is 2.36. The van der Waals surface area contributed by atoms with Crippen LogP contribution < -0.4 is 5.32 Å². The van der Waals surface area contributed by atoms with Gasteiger partial charge in [-0.05, 0) is 64.3 Å². The molecule has 2 N–H and O–H groups in total. The summed E-state index contributed by atoms with van der Waals surface area (Å²) in [5, 5.41) is 13.1. The van der Waals surface area contributed by atoms with Gasteiger partial charge >= 0.3 is 5.97 Å². The average Bonchev–Trinajstić information content (AvgIpc) is 3.25. The molecule has 0 spiro atoms. The van der Waals surface area contributed by atoms with Gasteiger partial charge < -0.3 is 10.0 Å². The second-order valence-corrected chi connectivity index (χ2v) is 6.94. The summed E-state index contributed by atoms with van der Waals surface area (Å²) < 4.78 is 0. The molecule has 4 nitrogen and oxygen atoms in total. The summed E-state index contributed by atoms with van der Waals surface area (Å²) in [6.45, 7) is 1.16. The zero-order valence-electron chi connectivity index (χ0n) is 11.9. The van der Waals surface area contributed by atoms with Crippen LogP contribution in [0.15, 0.2) is 0 Å². The highest BCUT2D eigenvalue weighted by atomic mass is 16.4. The largest absolute Gasteiger partial charge is 0.480 e. The zero-order chi connectivity index (χ0) is 13.5. The van der Waals surface area contributed by atoms with Crippen molar-refractivity contribution in [3.8, 4) is 0 Å². The first-order valence-electron chi connectivity index (χ1n) is 7.80. The van der Waals surface area contributed by atoms with Gasteiger partial charge in [0.2, 0.25) is 0 Å². The number of aliphatic carboxylic acids is 1. The van der Waals surface area contributed by atoms with Crippen molar-refractivity contribution in [2.24, 2.45) is 5.92 Å². The van der Waals surface area contributed by atoms with Crippen LogP contribution in [0.2, 0.25) is 0 Å². The molecule has 19 heavy (non-hydrogen) atoms. The number of rotatable bonds is 6. The summed E-state index contributed by atoms with van der Waals surface area (Å²) >= 11 is 0. The highest BCUT2D eigenvalue weighted by Gasteiger charge is 2.46. The van der Waals surface area contributed by atoms with E-state index in [0.717, 1.165) is 51.0 Å². The number of nitrogens with zero attached hydrogens (tertiary/aromatic N) is 1. The molecule has 0 aromatic heterocycles. The number of carbonyl (C=O) groups is 1. The lowest BCUT2D eigenvalue weighted by molar-refractivity contribution is -0.147. The molecule has 0 heterocycles. The van der Waals surface area contributed by atoms with Gasteiger partial charge in [-0.2, -0.15) is 0 Å². The first-order valence-corrected chi connectivity index (χ1v) is 7.80. The quantitative estimate of drug-likeness (QED) is 0.770. The fraction of sp³-hybridized carbons (Fsp3) is 0.933. The Morgan fingerprint density at radius 1 is 1.32 bits per heavy atom. The van der Waals surface area contributed by atoms with Crippen molar-refractivity contribution in [1.29, 1.82) is 0 Å². The lowest BCUT2D eigenvalue weighted by Gasteiger charge is -2.42. The fourth-order valence-corrected chi connectivity index (χ4v) is 3.48. The van der Waals surface area contributed by atoms with Gasteiger partial charge in [0.15, 0.2) is 0 Å². The van der Waals surface area contributed by atoms with E-state index in [1.807, 2.05) is 0 Å². The van der Waals surface area contributed by atoms with Crippen LogP contribution in [0.4, 0.5) is 0 Å². The van der Waals surface area contributed by atoms with Gasteiger partial charge in [-0.1, -0.05) is 0 Å². The molecule has 0 aromatic carbocycles. The molecule has 3 aliphatic carbocycles. The van der Waals surface area contributed by atoms with Crippen LogP contribution in [0.1, 0.15) is 51.4 Å². The van der Waals surface area contributed by atoms with Crippen molar-refractivity contribution >= 4 is 5.97 Å². The molecule has 3 aliphatic rings. The molecule has 0 aliphatic heterocycles. The second-order valence-electron chi connectivity index (χ2n) is 6.94. The van der Waals surface area contributed by atoms with Crippen LogP contribution in [-0.4, -0.2) is 47.2 Å². The van der Waals surface area contributed by atoms with E-state index < -0.39 is 11.5 Å². The normalized spacial score (nSPS) is 35.6. The lowest BCUT2D eigenvalue weighted by Crippen LogP contribution is -2.58. The van der Waals surface area contributed by atoms with Crippen molar-refractivity contribution < 1.29 is 9.90 Å². The van der Waals surface area contributed by atoms with Crippen molar-refractivity contribution in [2.45, 2.75) is 69.0 Å². The second kappa shape index (κ2) is 5.06. The minimum atomic E-state index is -0.651. The average molecular weight is 266 g/mol. The Morgan fingerprint density at radius 2 is 2.05 bits per heavy atom. The van der Waals surface area contributed by atoms with Crippen LogP contribution in [-0.2, 0) is 4.79 Å². The molecule has 3 fully saturated rings. The topological polar surface area (TPSA) is 52.6 Å². The molecule has 0 aromatic rings.